The summed E-state index contributed by atoms with van der Waals surface area (Å²) >= 11 is 1.53. The molecule has 4 aromatic rings. The first-order valence-corrected chi connectivity index (χ1v) is 12.3. The third kappa shape index (κ3) is 5.46. The summed E-state index contributed by atoms with van der Waals surface area (Å²) in [4.78, 5) is 16.3. The Morgan fingerprint density at radius 2 is 1.71 bits per heavy atom. The van der Waals surface area contributed by atoms with Crippen LogP contribution in [0.15, 0.2) is 83.8 Å². The normalized spacial score (nSPS) is 10.9. The molecule has 0 aliphatic carbocycles. The van der Waals surface area contributed by atoms with Gasteiger partial charge in [-0.2, -0.15) is 4.68 Å². The zero-order valence-electron chi connectivity index (χ0n) is 19.5. The molecule has 0 spiro atoms. The number of thioether (sulfide) groups is 1. The Hall–Kier alpha value is -3.65. The van der Waals surface area contributed by atoms with Gasteiger partial charge in [0.2, 0.25) is 0 Å². The summed E-state index contributed by atoms with van der Waals surface area (Å²) in [5.41, 5.74) is 3.42. The molecule has 1 amide bonds. The lowest BCUT2D eigenvalue weighted by atomic mass is 10.2. The number of para-hydroxylation sites is 1. The van der Waals surface area contributed by atoms with E-state index < -0.39 is 0 Å². The van der Waals surface area contributed by atoms with Gasteiger partial charge in [-0.3, -0.25) is 4.79 Å². The molecule has 3 aromatic carbocycles. The van der Waals surface area contributed by atoms with Crippen molar-refractivity contribution in [3.63, 3.8) is 0 Å². The fourth-order valence-corrected chi connectivity index (χ4v) is 4.72. The summed E-state index contributed by atoms with van der Waals surface area (Å²) in [5.74, 6) is 1.10. The topological polar surface area (TPSA) is 75.9 Å². The van der Waals surface area contributed by atoms with Crippen LogP contribution in [0, 0.1) is 0 Å². The first kappa shape index (κ1) is 23.5. The van der Waals surface area contributed by atoms with Crippen molar-refractivity contribution >= 4 is 29.0 Å². The van der Waals surface area contributed by atoms with Crippen LogP contribution in [0.4, 0.5) is 11.4 Å². The number of hydrogen-bond acceptors (Lipinski definition) is 6. The second kappa shape index (κ2) is 11.0. The number of tetrazole rings is 1. The second-order valence-electron chi connectivity index (χ2n) is 8.01. The van der Waals surface area contributed by atoms with Crippen molar-refractivity contribution in [1.82, 2.24) is 20.2 Å². The highest BCUT2D eigenvalue weighted by atomic mass is 32.2. The van der Waals surface area contributed by atoms with Gasteiger partial charge in [-0.1, -0.05) is 30.3 Å². The van der Waals surface area contributed by atoms with Crippen LogP contribution in [0.3, 0.4) is 0 Å². The molecular formula is C26H28N6OS. The molecule has 1 aromatic heterocycles. The average molecular weight is 473 g/mol. The number of carbonyl (C=O) groups excluding carboxylic acids is 1. The van der Waals surface area contributed by atoms with E-state index in [1.807, 2.05) is 78.9 Å². The summed E-state index contributed by atoms with van der Waals surface area (Å²) in [6.07, 6.45) is 0. The van der Waals surface area contributed by atoms with Crippen LogP contribution in [0.5, 0.6) is 0 Å². The first-order chi connectivity index (χ1) is 16.6. The number of hydrogen-bond donors (Lipinski definition) is 1. The van der Waals surface area contributed by atoms with Gasteiger partial charge in [-0.05, 0) is 79.7 Å². The molecule has 34 heavy (non-hydrogen) atoms. The summed E-state index contributed by atoms with van der Waals surface area (Å²) in [7, 11) is 0. The Bertz CT molecular complexity index is 1220. The third-order valence-electron chi connectivity index (χ3n) is 5.44. The van der Waals surface area contributed by atoms with E-state index in [0.717, 1.165) is 28.5 Å². The summed E-state index contributed by atoms with van der Waals surface area (Å²) < 4.78 is 1.72. The Morgan fingerprint density at radius 3 is 2.41 bits per heavy atom. The Kier molecular flexibility index (Phi) is 7.59. The number of carbonyl (C=O) groups is 1. The molecule has 7 nitrogen and oxygen atoms in total. The number of rotatable bonds is 9. The van der Waals surface area contributed by atoms with Crippen molar-refractivity contribution in [2.45, 2.75) is 37.5 Å². The molecule has 8 heteroatoms. The number of nitrogens with zero attached hydrogens (tertiary/aromatic N) is 5. The maximum absolute atomic E-state index is 13.1. The maximum Gasteiger partial charge on any atom is 0.256 e. The monoisotopic (exact) mass is 472 g/mol. The standard InChI is InChI=1S/C26H28N6OS/c1-4-31(19(2)3)21-16-14-20(15-17-21)27-26(33)23-12-8-9-13-24(23)34-18-25-28-29-30-32(25)22-10-6-5-7-11-22/h5-17,19H,4,18H2,1-3H3,(H,27,33). The number of amides is 1. The predicted molar refractivity (Wildman–Crippen MR) is 138 cm³/mol. The minimum Gasteiger partial charge on any atom is -0.369 e. The average Bonchev–Trinajstić information content (AvgIpc) is 3.33. The van der Waals surface area contributed by atoms with Crippen molar-refractivity contribution in [2.24, 2.45) is 0 Å². The molecule has 1 heterocycles. The zero-order chi connectivity index (χ0) is 23.9. The number of anilines is 2. The van der Waals surface area contributed by atoms with Crippen molar-refractivity contribution in [3.8, 4) is 5.69 Å². The number of benzene rings is 3. The molecule has 1 N–H and O–H groups in total. The molecule has 0 saturated carbocycles. The SMILES string of the molecule is CCN(c1ccc(NC(=O)c2ccccc2SCc2nnnn2-c2ccccc2)cc1)C(C)C. The Labute approximate surface area is 204 Å². The largest absolute Gasteiger partial charge is 0.369 e. The smallest absolute Gasteiger partial charge is 0.256 e. The molecular weight excluding hydrogens is 444 g/mol. The minimum atomic E-state index is -0.144. The molecule has 174 valence electrons. The lowest BCUT2D eigenvalue weighted by Gasteiger charge is -2.27. The number of nitrogens with one attached hydrogen (secondary N) is 1. The highest BCUT2D eigenvalue weighted by Gasteiger charge is 2.15. The van der Waals surface area contributed by atoms with Crippen LogP contribution in [0.25, 0.3) is 5.69 Å². The van der Waals surface area contributed by atoms with E-state index in [4.69, 9.17) is 0 Å². The lowest BCUT2D eigenvalue weighted by Crippen LogP contribution is -2.30. The van der Waals surface area contributed by atoms with Crippen molar-refractivity contribution in [3.05, 3.63) is 90.3 Å². The van der Waals surface area contributed by atoms with E-state index >= 15 is 0 Å². The van der Waals surface area contributed by atoms with E-state index in [-0.39, 0.29) is 5.91 Å². The van der Waals surface area contributed by atoms with E-state index in [2.05, 4.69) is 46.5 Å². The molecule has 0 aliphatic rings. The van der Waals surface area contributed by atoms with Gasteiger partial charge in [0.1, 0.15) is 0 Å². The van der Waals surface area contributed by atoms with E-state index in [9.17, 15) is 4.79 Å². The summed E-state index contributed by atoms with van der Waals surface area (Å²) in [6, 6.07) is 25.7. The van der Waals surface area contributed by atoms with Gasteiger partial charge in [0.15, 0.2) is 5.82 Å². The maximum atomic E-state index is 13.1. The number of aromatic nitrogens is 4. The molecule has 0 atom stereocenters. The zero-order valence-corrected chi connectivity index (χ0v) is 20.4. The van der Waals surface area contributed by atoms with Crippen molar-refractivity contribution < 1.29 is 4.79 Å². The fraction of sp³-hybridized carbons (Fsp3) is 0.231. The van der Waals surface area contributed by atoms with Gasteiger partial charge in [0.05, 0.1) is 17.0 Å². The van der Waals surface area contributed by atoms with E-state index in [0.29, 0.717) is 23.2 Å². The van der Waals surface area contributed by atoms with E-state index in [1.165, 1.54) is 11.8 Å². The molecule has 4 rings (SSSR count). The Morgan fingerprint density at radius 1 is 1.00 bits per heavy atom. The highest BCUT2D eigenvalue weighted by Crippen LogP contribution is 2.27. The Balaban J connectivity index is 1.46. The highest BCUT2D eigenvalue weighted by molar-refractivity contribution is 7.98. The minimum absolute atomic E-state index is 0.144. The first-order valence-electron chi connectivity index (χ1n) is 11.3. The van der Waals surface area contributed by atoms with Crippen molar-refractivity contribution in [2.75, 3.05) is 16.8 Å². The van der Waals surface area contributed by atoms with Crippen LogP contribution in [0.1, 0.15) is 37.0 Å². The lowest BCUT2D eigenvalue weighted by molar-refractivity contribution is 0.102. The van der Waals surface area contributed by atoms with Crippen LogP contribution in [0.2, 0.25) is 0 Å². The van der Waals surface area contributed by atoms with Crippen LogP contribution < -0.4 is 10.2 Å². The molecule has 0 unspecified atom stereocenters. The predicted octanol–water partition coefficient (Wildman–Crippen LogP) is 5.44. The van der Waals surface area contributed by atoms with Crippen LogP contribution >= 0.6 is 11.8 Å². The third-order valence-corrected chi connectivity index (χ3v) is 6.51. The van der Waals surface area contributed by atoms with Gasteiger partial charge in [-0.15, -0.1) is 16.9 Å². The quantitative estimate of drug-likeness (QED) is 0.327. The van der Waals surface area contributed by atoms with Crippen LogP contribution in [-0.2, 0) is 5.75 Å². The van der Waals surface area contributed by atoms with Crippen LogP contribution in [-0.4, -0.2) is 38.7 Å². The van der Waals surface area contributed by atoms with Gasteiger partial charge in [0, 0.05) is 28.9 Å². The van der Waals surface area contributed by atoms with Gasteiger partial charge < -0.3 is 10.2 Å². The summed E-state index contributed by atoms with van der Waals surface area (Å²) in [6.45, 7) is 7.42. The van der Waals surface area contributed by atoms with Gasteiger partial charge >= 0.3 is 0 Å². The van der Waals surface area contributed by atoms with E-state index in [1.54, 1.807) is 4.68 Å². The molecule has 0 fully saturated rings. The second-order valence-corrected chi connectivity index (χ2v) is 9.03. The molecule has 0 saturated heterocycles. The van der Waals surface area contributed by atoms with Crippen molar-refractivity contribution in [1.29, 1.82) is 0 Å². The molecule has 0 radical (unpaired) electrons. The summed E-state index contributed by atoms with van der Waals surface area (Å²) in [5, 5.41) is 15.1. The molecule has 0 bridgehead atoms. The fourth-order valence-electron chi connectivity index (χ4n) is 3.77. The van der Waals surface area contributed by atoms with Gasteiger partial charge in [0.25, 0.3) is 5.91 Å². The van der Waals surface area contributed by atoms with Gasteiger partial charge in [-0.25, -0.2) is 0 Å². The molecule has 0 aliphatic heterocycles.